The van der Waals surface area contributed by atoms with Crippen LogP contribution in [0.15, 0.2) is 30.3 Å². The molecule has 1 N–H and O–H groups in total. The van der Waals surface area contributed by atoms with E-state index >= 15 is 0 Å². The van der Waals surface area contributed by atoms with Crippen LogP contribution in [0.4, 0.5) is 13.2 Å². The zero-order valence-corrected chi connectivity index (χ0v) is 10.3. The van der Waals surface area contributed by atoms with Crippen LogP contribution in [0.25, 0.3) is 11.1 Å². The molecule has 0 aliphatic carbocycles. The Labute approximate surface area is 112 Å². The smallest absolute Gasteiger partial charge is 0.338 e. The number of methoxy groups -OCH3 is 1. The Morgan fingerprint density at radius 3 is 2.40 bits per heavy atom. The van der Waals surface area contributed by atoms with E-state index in [0.29, 0.717) is 12.1 Å². The third-order valence-electron chi connectivity index (χ3n) is 2.76. The van der Waals surface area contributed by atoms with Gasteiger partial charge in [-0.2, -0.15) is 0 Å². The Bertz CT molecular complexity index is 684. The molecule has 0 saturated carbocycles. The normalized spacial score (nSPS) is 10.4. The summed E-state index contributed by atoms with van der Waals surface area (Å²) in [6, 6.07) is 5.16. The first-order valence-electron chi connectivity index (χ1n) is 5.51. The molecule has 2 aromatic carbocycles. The number of carboxylic acid groups (broad SMARTS) is 1. The minimum Gasteiger partial charge on any atom is -0.494 e. The van der Waals surface area contributed by atoms with Gasteiger partial charge in [0, 0.05) is 11.1 Å². The minimum atomic E-state index is -1.60. The number of ether oxygens (including phenoxy) is 1. The van der Waals surface area contributed by atoms with E-state index in [2.05, 4.69) is 0 Å². The maximum atomic E-state index is 14.0. The molecular weight excluding hydrogens is 273 g/mol. The number of hydrogen-bond acceptors (Lipinski definition) is 2. The summed E-state index contributed by atoms with van der Waals surface area (Å²) >= 11 is 0. The summed E-state index contributed by atoms with van der Waals surface area (Å²) in [5, 5.41) is 8.69. The predicted molar refractivity (Wildman–Crippen MR) is 65.3 cm³/mol. The number of hydrogen-bond donors (Lipinski definition) is 1. The molecule has 0 amide bonds. The number of carbonyl (C=O) groups is 1. The van der Waals surface area contributed by atoms with Gasteiger partial charge in [-0.05, 0) is 18.2 Å². The Morgan fingerprint density at radius 1 is 1.10 bits per heavy atom. The van der Waals surface area contributed by atoms with Crippen molar-refractivity contribution in [1.29, 1.82) is 0 Å². The van der Waals surface area contributed by atoms with Crippen LogP contribution < -0.4 is 4.74 Å². The number of halogens is 3. The van der Waals surface area contributed by atoms with E-state index in [9.17, 15) is 18.0 Å². The molecule has 0 aliphatic heterocycles. The summed E-state index contributed by atoms with van der Waals surface area (Å²) in [7, 11) is 1.24. The maximum Gasteiger partial charge on any atom is 0.338 e. The molecule has 0 radical (unpaired) electrons. The van der Waals surface area contributed by atoms with Crippen molar-refractivity contribution in [3.63, 3.8) is 0 Å². The highest BCUT2D eigenvalue weighted by atomic mass is 19.1. The highest BCUT2D eigenvalue weighted by Gasteiger charge is 2.19. The first-order chi connectivity index (χ1) is 9.45. The molecule has 0 spiro atoms. The van der Waals surface area contributed by atoms with Crippen LogP contribution in [-0.2, 0) is 0 Å². The highest BCUT2D eigenvalue weighted by Crippen LogP contribution is 2.32. The van der Waals surface area contributed by atoms with Crippen molar-refractivity contribution < 1.29 is 27.8 Å². The molecule has 0 unspecified atom stereocenters. The molecule has 0 aliphatic rings. The van der Waals surface area contributed by atoms with E-state index in [4.69, 9.17) is 9.84 Å². The minimum absolute atomic E-state index is 0.121. The Balaban J connectivity index is 2.65. The van der Waals surface area contributed by atoms with Gasteiger partial charge in [0.05, 0.1) is 12.7 Å². The van der Waals surface area contributed by atoms with Crippen LogP contribution in [0.3, 0.4) is 0 Å². The molecule has 2 aromatic rings. The monoisotopic (exact) mass is 282 g/mol. The van der Waals surface area contributed by atoms with Crippen LogP contribution in [0, 0.1) is 17.5 Å². The van der Waals surface area contributed by atoms with Gasteiger partial charge in [0.2, 0.25) is 0 Å². The summed E-state index contributed by atoms with van der Waals surface area (Å²) in [4.78, 5) is 10.7. The fraction of sp³-hybridized carbons (Fsp3) is 0.0714. The van der Waals surface area contributed by atoms with E-state index < -0.39 is 29.0 Å². The van der Waals surface area contributed by atoms with Gasteiger partial charge in [-0.25, -0.2) is 18.0 Å². The lowest BCUT2D eigenvalue weighted by molar-refractivity contribution is 0.0691. The lowest BCUT2D eigenvalue weighted by Gasteiger charge is -2.09. The molecule has 0 fully saturated rings. The van der Waals surface area contributed by atoms with Crippen molar-refractivity contribution in [2.75, 3.05) is 7.11 Å². The van der Waals surface area contributed by atoms with Crippen molar-refractivity contribution in [3.8, 4) is 16.9 Å². The van der Waals surface area contributed by atoms with Gasteiger partial charge in [-0.3, -0.25) is 0 Å². The quantitative estimate of drug-likeness (QED) is 0.937. The zero-order chi connectivity index (χ0) is 14.9. The van der Waals surface area contributed by atoms with E-state index in [1.54, 1.807) is 0 Å². The third-order valence-corrected chi connectivity index (χ3v) is 2.76. The topological polar surface area (TPSA) is 46.5 Å². The van der Waals surface area contributed by atoms with E-state index in [1.165, 1.54) is 25.3 Å². The van der Waals surface area contributed by atoms with Crippen LogP contribution in [0.1, 0.15) is 10.4 Å². The van der Waals surface area contributed by atoms with Gasteiger partial charge in [0.1, 0.15) is 11.6 Å². The second-order valence-corrected chi connectivity index (χ2v) is 3.94. The van der Waals surface area contributed by atoms with Gasteiger partial charge in [0.15, 0.2) is 11.6 Å². The number of aromatic carboxylic acids is 1. The fourth-order valence-electron chi connectivity index (χ4n) is 1.79. The maximum absolute atomic E-state index is 14.0. The molecule has 0 heterocycles. The average Bonchev–Trinajstić information content (AvgIpc) is 2.41. The Morgan fingerprint density at radius 2 is 1.80 bits per heavy atom. The number of carboxylic acids is 1. The van der Waals surface area contributed by atoms with Gasteiger partial charge in [-0.15, -0.1) is 0 Å². The highest BCUT2D eigenvalue weighted by molar-refractivity contribution is 5.89. The summed E-state index contributed by atoms with van der Waals surface area (Å²) in [5.41, 5.74) is -1.39. The largest absolute Gasteiger partial charge is 0.494 e. The second-order valence-electron chi connectivity index (χ2n) is 3.94. The third kappa shape index (κ3) is 2.32. The van der Waals surface area contributed by atoms with Crippen LogP contribution in [0.2, 0.25) is 0 Å². The van der Waals surface area contributed by atoms with Crippen molar-refractivity contribution in [2.45, 2.75) is 0 Å². The molecule has 0 saturated heterocycles. The number of benzene rings is 2. The Hall–Kier alpha value is -2.50. The summed E-state index contributed by atoms with van der Waals surface area (Å²) in [6.45, 7) is 0. The van der Waals surface area contributed by atoms with Gasteiger partial charge >= 0.3 is 5.97 Å². The molecule has 2 rings (SSSR count). The van der Waals surface area contributed by atoms with Gasteiger partial charge < -0.3 is 9.84 Å². The Kier molecular flexibility index (Phi) is 3.65. The molecule has 0 atom stereocenters. The van der Waals surface area contributed by atoms with Gasteiger partial charge in [-0.1, -0.05) is 12.1 Å². The van der Waals surface area contributed by atoms with Crippen LogP contribution in [-0.4, -0.2) is 18.2 Å². The summed E-state index contributed by atoms with van der Waals surface area (Å²) in [6.07, 6.45) is 0. The molecule has 20 heavy (non-hydrogen) atoms. The molecule has 0 aromatic heterocycles. The SMILES string of the molecule is COc1cccc(-c2cc(F)c(C(=O)O)cc2F)c1F. The van der Waals surface area contributed by atoms with Gasteiger partial charge in [0.25, 0.3) is 0 Å². The summed E-state index contributed by atoms with van der Waals surface area (Å²) < 4.78 is 46.2. The molecule has 0 bridgehead atoms. The van der Waals surface area contributed by atoms with Crippen molar-refractivity contribution in [3.05, 3.63) is 53.3 Å². The van der Waals surface area contributed by atoms with Crippen molar-refractivity contribution in [1.82, 2.24) is 0 Å². The lowest BCUT2D eigenvalue weighted by atomic mass is 10.0. The summed E-state index contributed by atoms with van der Waals surface area (Å²) in [5.74, 6) is -4.74. The second kappa shape index (κ2) is 5.24. The molecule has 6 heteroatoms. The first kappa shape index (κ1) is 13.9. The van der Waals surface area contributed by atoms with Crippen LogP contribution in [0.5, 0.6) is 5.75 Å². The average molecular weight is 282 g/mol. The number of rotatable bonds is 3. The molecule has 3 nitrogen and oxygen atoms in total. The van der Waals surface area contributed by atoms with E-state index in [0.717, 1.165) is 0 Å². The van der Waals surface area contributed by atoms with E-state index in [1.807, 2.05) is 0 Å². The van der Waals surface area contributed by atoms with Crippen molar-refractivity contribution in [2.24, 2.45) is 0 Å². The molecule has 104 valence electrons. The fourth-order valence-corrected chi connectivity index (χ4v) is 1.79. The first-order valence-corrected chi connectivity index (χ1v) is 5.51. The lowest BCUT2D eigenvalue weighted by Crippen LogP contribution is -2.03. The zero-order valence-electron chi connectivity index (χ0n) is 10.3. The van der Waals surface area contributed by atoms with E-state index in [-0.39, 0.29) is 16.9 Å². The predicted octanol–water partition coefficient (Wildman–Crippen LogP) is 3.48. The standard InChI is InChI=1S/C14H9F3O3/c1-20-12-4-2-3-7(13(12)17)8-5-11(16)9(14(18)19)6-10(8)15/h2-6H,1H3,(H,18,19). The van der Waals surface area contributed by atoms with Crippen LogP contribution >= 0.6 is 0 Å². The van der Waals surface area contributed by atoms with Crippen molar-refractivity contribution >= 4 is 5.97 Å². The molecular formula is C14H9F3O3.